The lowest BCUT2D eigenvalue weighted by molar-refractivity contribution is 0.291. The number of aromatic hydroxyl groups is 1. The standard InChI is InChI=1S/C25H33N3O3/c1-8-28(9-2)15-18-13-19(10-11-21(18)29)27(5)20-14-22(30-6)24-23(25(20)31-7)16(3)12-17(4)26-24/h10-14,29H,8-9,15H2,1-7H3. The van der Waals surface area contributed by atoms with Crippen LogP contribution in [0, 0.1) is 13.8 Å². The van der Waals surface area contributed by atoms with Gasteiger partial charge in [0.05, 0.1) is 25.3 Å². The molecule has 0 amide bonds. The highest BCUT2D eigenvalue weighted by molar-refractivity contribution is 5.99. The Kier molecular flexibility index (Phi) is 6.91. The highest BCUT2D eigenvalue weighted by Gasteiger charge is 2.21. The molecule has 6 heteroatoms. The molecule has 0 aliphatic rings. The van der Waals surface area contributed by atoms with Crippen LogP contribution < -0.4 is 14.4 Å². The van der Waals surface area contributed by atoms with Crippen molar-refractivity contribution in [1.82, 2.24) is 9.88 Å². The number of nitrogens with zero attached hydrogens (tertiary/aromatic N) is 3. The Bertz CT molecular complexity index is 1080. The number of aromatic nitrogens is 1. The first-order valence-electron chi connectivity index (χ1n) is 10.6. The lowest BCUT2D eigenvalue weighted by Crippen LogP contribution is -2.22. The van der Waals surface area contributed by atoms with Gasteiger partial charge in [-0.1, -0.05) is 13.8 Å². The zero-order valence-corrected chi connectivity index (χ0v) is 19.6. The molecule has 0 saturated heterocycles. The molecule has 3 aromatic rings. The Labute approximate surface area is 185 Å². The molecule has 0 saturated carbocycles. The number of rotatable bonds is 8. The summed E-state index contributed by atoms with van der Waals surface area (Å²) >= 11 is 0. The van der Waals surface area contributed by atoms with Crippen molar-refractivity contribution in [3.8, 4) is 17.2 Å². The molecule has 0 fully saturated rings. The van der Waals surface area contributed by atoms with Gasteiger partial charge >= 0.3 is 0 Å². The van der Waals surface area contributed by atoms with E-state index in [1.807, 2.05) is 32.2 Å². The monoisotopic (exact) mass is 423 g/mol. The van der Waals surface area contributed by atoms with Crippen LogP contribution in [0.5, 0.6) is 17.2 Å². The summed E-state index contributed by atoms with van der Waals surface area (Å²) in [7, 11) is 5.33. The minimum atomic E-state index is 0.308. The van der Waals surface area contributed by atoms with Crippen LogP contribution in [-0.2, 0) is 6.54 Å². The number of ether oxygens (including phenoxy) is 2. The third kappa shape index (κ3) is 4.39. The van der Waals surface area contributed by atoms with Crippen molar-refractivity contribution in [2.45, 2.75) is 34.2 Å². The number of hydrogen-bond acceptors (Lipinski definition) is 6. The molecule has 3 rings (SSSR count). The van der Waals surface area contributed by atoms with E-state index >= 15 is 0 Å². The lowest BCUT2D eigenvalue weighted by Gasteiger charge is -2.26. The van der Waals surface area contributed by atoms with Crippen LogP contribution in [0.15, 0.2) is 30.3 Å². The van der Waals surface area contributed by atoms with Crippen molar-refractivity contribution in [3.63, 3.8) is 0 Å². The van der Waals surface area contributed by atoms with Crippen LogP contribution in [0.2, 0.25) is 0 Å². The molecule has 1 N–H and O–H groups in total. The van der Waals surface area contributed by atoms with E-state index in [4.69, 9.17) is 14.5 Å². The van der Waals surface area contributed by atoms with Gasteiger partial charge < -0.3 is 19.5 Å². The summed E-state index contributed by atoms with van der Waals surface area (Å²) in [6.07, 6.45) is 0. The topological polar surface area (TPSA) is 58.1 Å². The second-order valence-corrected chi connectivity index (χ2v) is 7.77. The van der Waals surface area contributed by atoms with E-state index < -0.39 is 0 Å². The van der Waals surface area contributed by atoms with Gasteiger partial charge in [-0.05, 0) is 56.8 Å². The van der Waals surface area contributed by atoms with Crippen LogP contribution in [0.3, 0.4) is 0 Å². The summed E-state index contributed by atoms with van der Waals surface area (Å²) in [5.41, 5.74) is 5.54. The van der Waals surface area contributed by atoms with Crippen molar-refractivity contribution < 1.29 is 14.6 Å². The number of methoxy groups -OCH3 is 2. The number of pyridine rings is 1. The average molecular weight is 424 g/mol. The molecule has 1 aromatic heterocycles. The normalized spacial score (nSPS) is 11.2. The molecule has 0 aliphatic heterocycles. The number of fused-ring (bicyclic) bond motifs is 1. The van der Waals surface area contributed by atoms with Crippen molar-refractivity contribution >= 4 is 22.3 Å². The van der Waals surface area contributed by atoms with Gasteiger partial charge in [-0.2, -0.15) is 0 Å². The van der Waals surface area contributed by atoms with Gasteiger partial charge in [0.15, 0.2) is 5.75 Å². The van der Waals surface area contributed by atoms with Crippen LogP contribution in [0.25, 0.3) is 10.9 Å². The maximum absolute atomic E-state index is 10.4. The lowest BCUT2D eigenvalue weighted by atomic mass is 10.0. The molecular weight excluding hydrogens is 390 g/mol. The van der Waals surface area contributed by atoms with Crippen molar-refractivity contribution in [2.75, 3.05) is 39.3 Å². The van der Waals surface area contributed by atoms with E-state index in [2.05, 4.69) is 36.6 Å². The largest absolute Gasteiger partial charge is 0.508 e. The third-order valence-corrected chi connectivity index (χ3v) is 5.83. The summed E-state index contributed by atoms with van der Waals surface area (Å²) in [6, 6.07) is 9.72. The first kappa shape index (κ1) is 22.7. The minimum absolute atomic E-state index is 0.308. The van der Waals surface area contributed by atoms with Gasteiger partial charge in [0.2, 0.25) is 0 Å². The molecule has 31 heavy (non-hydrogen) atoms. The molecule has 1 heterocycles. The van der Waals surface area contributed by atoms with E-state index in [1.165, 1.54) is 0 Å². The van der Waals surface area contributed by atoms with E-state index in [0.717, 1.165) is 57.9 Å². The second kappa shape index (κ2) is 9.43. The van der Waals surface area contributed by atoms with Gasteiger partial charge in [-0.25, -0.2) is 4.98 Å². The number of anilines is 2. The van der Waals surface area contributed by atoms with Gasteiger partial charge in [-0.15, -0.1) is 0 Å². The quantitative estimate of drug-likeness (QED) is 0.538. The highest BCUT2D eigenvalue weighted by Crippen LogP contribution is 2.44. The number of aryl methyl sites for hydroxylation is 2. The van der Waals surface area contributed by atoms with Gasteiger partial charge in [0.25, 0.3) is 0 Å². The summed E-state index contributed by atoms with van der Waals surface area (Å²) in [6.45, 7) is 10.8. The van der Waals surface area contributed by atoms with E-state index in [-0.39, 0.29) is 0 Å². The second-order valence-electron chi connectivity index (χ2n) is 7.77. The predicted molar refractivity (Wildman–Crippen MR) is 127 cm³/mol. The Morgan fingerprint density at radius 3 is 2.32 bits per heavy atom. The Hall–Kier alpha value is -2.99. The van der Waals surface area contributed by atoms with Crippen molar-refractivity contribution in [1.29, 1.82) is 0 Å². The summed E-state index contributed by atoms with van der Waals surface area (Å²) < 4.78 is 11.6. The SMILES string of the molecule is CCN(CC)Cc1cc(N(C)c2cc(OC)c3nc(C)cc(C)c3c2OC)ccc1O. The Balaban J connectivity index is 2.15. The van der Waals surface area contributed by atoms with E-state index in [0.29, 0.717) is 18.0 Å². The summed E-state index contributed by atoms with van der Waals surface area (Å²) in [4.78, 5) is 9.04. The van der Waals surface area contributed by atoms with Crippen molar-refractivity contribution in [3.05, 3.63) is 47.2 Å². The fourth-order valence-electron chi connectivity index (χ4n) is 4.03. The first-order chi connectivity index (χ1) is 14.8. The molecule has 0 radical (unpaired) electrons. The zero-order valence-electron chi connectivity index (χ0n) is 19.6. The van der Waals surface area contributed by atoms with Crippen LogP contribution in [-0.4, -0.2) is 49.3 Å². The summed E-state index contributed by atoms with van der Waals surface area (Å²) in [5, 5.41) is 11.4. The molecule has 0 bridgehead atoms. The first-order valence-corrected chi connectivity index (χ1v) is 10.6. The van der Waals surface area contributed by atoms with E-state index in [9.17, 15) is 5.11 Å². The number of phenols is 1. The maximum atomic E-state index is 10.4. The third-order valence-electron chi connectivity index (χ3n) is 5.83. The minimum Gasteiger partial charge on any atom is -0.508 e. The fraction of sp³-hybridized carbons (Fsp3) is 0.400. The number of benzene rings is 2. The van der Waals surface area contributed by atoms with E-state index in [1.54, 1.807) is 20.3 Å². The molecule has 166 valence electrons. The number of phenolic OH excluding ortho intramolecular Hbond substituents is 1. The molecular formula is C25H33N3O3. The highest BCUT2D eigenvalue weighted by atomic mass is 16.5. The van der Waals surface area contributed by atoms with Gasteiger partial charge in [0.1, 0.15) is 17.0 Å². The zero-order chi connectivity index (χ0) is 22.7. The smallest absolute Gasteiger partial charge is 0.152 e. The van der Waals surface area contributed by atoms with Gasteiger partial charge in [-0.3, -0.25) is 4.90 Å². The molecule has 0 atom stereocenters. The summed E-state index contributed by atoms with van der Waals surface area (Å²) in [5.74, 6) is 1.76. The average Bonchev–Trinajstić information content (AvgIpc) is 2.76. The number of hydrogen-bond donors (Lipinski definition) is 1. The van der Waals surface area contributed by atoms with Crippen LogP contribution in [0.1, 0.15) is 30.7 Å². The molecule has 0 spiro atoms. The van der Waals surface area contributed by atoms with Crippen molar-refractivity contribution in [2.24, 2.45) is 0 Å². The molecule has 0 unspecified atom stereocenters. The molecule has 6 nitrogen and oxygen atoms in total. The van der Waals surface area contributed by atoms with Gasteiger partial charge in [0, 0.05) is 36.6 Å². The Morgan fingerprint density at radius 1 is 1.00 bits per heavy atom. The van der Waals surface area contributed by atoms with Crippen LogP contribution in [0.4, 0.5) is 11.4 Å². The molecule has 0 aliphatic carbocycles. The maximum Gasteiger partial charge on any atom is 0.152 e. The van der Waals surface area contributed by atoms with Crippen LogP contribution >= 0.6 is 0 Å². The fourth-order valence-corrected chi connectivity index (χ4v) is 4.03. The molecule has 2 aromatic carbocycles. The predicted octanol–water partition coefficient (Wildman–Crippen LogP) is 5.18. The Morgan fingerprint density at radius 2 is 1.71 bits per heavy atom.